The van der Waals surface area contributed by atoms with Crippen molar-refractivity contribution in [1.82, 2.24) is 10.2 Å². The molecule has 0 aliphatic rings. The van der Waals surface area contributed by atoms with Crippen LogP contribution in [-0.4, -0.2) is 49.0 Å². The largest absolute Gasteiger partial charge is 0.382 e. The first-order valence-corrected chi connectivity index (χ1v) is 7.00. The Hall–Kier alpha value is -2.15. The van der Waals surface area contributed by atoms with Gasteiger partial charge in [-0.05, 0) is 19.2 Å². The molecule has 0 spiro atoms. The van der Waals surface area contributed by atoms with E-state index in [1.165, 1.54) is 12.1 Å². The van der Waals surface area contributed by atoms with Crippen LogP contribution in [-0.2, 0) is 0 Å². The smallest absolute Gasteiger partial charge is 0.293 e. The Morgan fingerprint density at radius 1 is 1.33 bits per heavy atom. The fourth-order valence-electron chi connectivity index (χ4n) is 2.11. The molecule has 116 valence electrons. The van der Waals surface area contributed by atoms with Crippen LogP contribution in [0.1, 0.15) is 24.2 Å². The van der Waals surface area contributed by atoms with Gasteiger partial charge in [0.1, 0.15) is 5.69 Å². The van der Waals surface area contributed by atoms with Crippen molar-refractivity contribution in [3.63, 3.8) is 0 Å². The minimum atomic E-state index is -0.501. The second kappa shape index (κ2) is 8.21. The van der Waals surface area contributed by atoms with E-state index in [2.05, 4.69) is 29.4 Å². The third kappa shape index (κ3) is 4.42. The molecule has 0 saturated carbocycles. The molecule has 7 heteroatoms. The minimum absolute atomic E-state index is 0.103. The molecular formula is C14H22N4O3. The van der Waals surface area contributed by atoms with Crippen molar-refractivity contribution in [2.75, 3.05) is 38.5 Å². The highest BCUT2D eigenvalue weighted by molar-refractivity contribution is 6.01. The molecule has 0 radical (unpaired) electrons. The Labute approximate surface area is 124 Å². The van der Waals surface area contributed by atoms with E-state index in [9.17, 15) is 14.9 Å². The Morgan fingerprint density at radius 3 is 2.52 bits per heavy atom. The number of para-hydroxylation sites is 1. The van der Waals surface area contributed by atoms with Crippen LogP contribution in [0.3, 0.4) is 0 Å². The highest BCUT2D eigenvalue weighted by Crippen LogP contribution is 2.27. The van der Waals surface area contributed by atoms with Gasteiger partial charge in [-0.1, -0.05) is 19.9 Å². The van der Waals surface area contributed by atoms with Crippen molar-refractivity contribution in [2.24, 2.45) is 0 Å². The number of nitrogens with zero attached hydrogens (tertiary/aromatic N) is 2. The topological polar surface area (TPSA) is 87.5 Å². The van der Waals surface area contributed by atoms with E-state index in [-0.39, 0.29) is 22.8 Å². The van der Waals surface area contributed by atoms with Gasteiger partial charge in [0.05, 0.1) is 10.5 Å². The summed E-state index contributed by atoms with van der Waals surface area (Å²) in [5, 5.41) is 16.5. The molecule has 21 heavy (non-hydrogen) atoms. The first-order valence-electron chi connectivity index (χ1n) is 7.00. The van der Waals surface area contributed by atoms with E-state index in [0.717, 1.165) is 19.6 Å². The highest BCUT2D eigenvalue weighted by Gasteiger charge is 2.20. The Bertz CT molecular complexity index is 501. The number of rotatable bonds is 8. The summed E-state index contributed by atoms with van der Waals surface area (Å²) in [6.45, 7) is 7.22. The molecule has 0 bridgehead atoms. The number of anilines is 1. The number of hydrogen-bond donors (Lipinski definition) is 2. The van der Waals surface area contributed by atoms with Crippen LogP contribution in [0.2, 0.25) is 0 Å². The number of amides is 1. The molecule has 0 atom stereocenters. The molecule has 0 saturated heterocycles. The van der Waals surface area contributed by atoms with Crippen molar-refractivity contribution in [2.45, 2.75) is 13.8 Å². The molecule has 0 heterocycles. The van der Waals surface area contributed by atoms with E-state index < -0.39 is 4.92 Å². The number of hydrogen-bond acceptors (Lipinski definition) is 5. The molecule has 1 aromatic rings. The quantitative estimate of drug-likeness (QED) is 0.563. The normalized spacial score (nSPS) is 10.5. The lowest BCUT2D eigenvalue weighted by Crippen LogP contribution is -2.35. The van der Waals surface area contributed by atoms with Crippen LogP contribution in [0.25, 0.3) is 0 Å². The number of nitro groups is 1. The second-order valence-electron chi connectivity index (χ2n) is 4.49. The number of carbonyl (C=O) groups excluding carboxylic acids is 1. The van der Waals surface area contributed by atoms with Gasteiger partial charge in [-0.3, -0.25) is 14.9 Å². The van der Waals surface area contributed by atoms with E-state index in [0.29, 0.717) is 6.54 Å². The predicted octanol–water partition coefficient (Wildman–Crippen LogP) is 1.71. The number of benzene rings is 1. The summed E-state index contributed by atoms with van der Waals surface area (Å²) < 4.78 is 0. The summed E-state index contributed by atoms with van der Waals surface area (Å²) in [6.07, 6.45) is 0. The van der Waals surface area contributed by atoms with Crippen molar-refractivity contribution in [3.8, 4) is 0 Å². The molecule has 7 nitrogen and oxygen atoms in total. The molecule has 1 aromatic carbocycles. The number of nitrogens with one attached hydrogen (secondary N) is 2. The number of likely N-dealkylation sites (N-methyl/N-ethyl adjacent to an activating group) is 1. The summed E-state index contributed by atoms with van der Waals surface area (Å²) in [4.78, 5) is 24.8. The maximum Gasteiger partial charge on any atom is 0.293 e. The van der Waals surface area contributed by atoms with E-state index in [4.69, 9.17) is 0 Å². The molecule has 0 fully saturated rings. The van der Waals surface area contributed by atoms with Gasteiger partial charge in [0.2, 0.25) is 0 Å². The summed E-state index contributed by atoms with van der Waals surface area (Å²) >= 11 is 0. The van der Waals surface area contributed by atoms with Crippen molar-refractivity contribution in [3.05, 3.63) is 33.9 Å². The monoisotopic (exact) mass is 294 g/mol. The van der Waals surface area contributed by atoms with Crippen LogP contribution in [0.15, 0.2) is 18.2 Å². The Balaban J connectivity index is 2.78. The summed E-state index contributed by atoms with van der Waals surface area (Å²) in [6, 6.07) is 4.46. The Kier molecular flexibility index (Phi) is 6.61. The minimum Gasteiger partial charge on any atom is -0.382 e. The molecule has 1 rings (SSSR count). The Morgan fingerprint density at radius 2 is 2.00 bits per heavy atom. The van der Waals surface area contributed by atoms with E-state index >= 15 is 0 Å². The molecule has 0 unspecified atom stereocenters. The molecule has 2 N–H and O–H groups in total. The summed E-state index contributed by atoms with van der Waals surface area (Å²) in [5.74, 6) is -0.310. The van der Waals surface area contributed by atoms with Crippen LogP contribution < -0.4 is 10.6 Å². The van der Waals surface area contributed by atoms with Gasteiger partial charge in [0, 0.05) is 26.2 Å². The lowest BCUT2D eigenvalue weighted by atomic mass is 10.1. The van der Waals surface area contributed by atoms with Crippen LogP contribution in [0, 0.1) is 10.1 Å². The second-order valence-corrected chi connectivity index (χ2v) is 4.49. The van der Waals surface area contributed by atoms with Gasteiger partial charge in [-0.15, -0.1) is 0 Å². The fourth-order valence-corrected chi connectivity index (χ4v) is 2.11. The van der Waals surface area contributed by atoms with Gasteiger partial charge < -0.3 is 15.5 Å². The van der Waals surface area contributed by atoms with Gasteiger partial charge in [-0.25, -0.2) is 0 Å². The maximum atomic E-state index is 12.2. The average molecular weight is 294 g/mol. The SMILES string of the molecule is CCN(CC)CCNC(=O)c1cccc([N+](=O)[O-])c1NC. The third-order valence-corrected chi connectivity index (χ3v) is 3.34. The molecule has 1 amide bonds. The predicted molar refractivity (Wildman–Crippen MR) is 82.8 cm³/mol. The maximum absolute atomic E-state index is 12.2. The average Bonchev–Trinajstić information content (AvgIpc) is 2.50. The first kappa shape index (κ1) is 16.9. The van der Waals surface area contributed by atoms with Crippen molar-refractivity contribution in [1.29, 1.82) is 0 Å². The van der Waals surface area contributed by atoms with Gasteiger partial charge in [0.25, 0.3) is 11.6 Å². The zero-order valence-corrected chi connectivity index (χ0v) is 12.7. The number of carbonyl (C=O) groups is 1. The summed E-state index contributed by atoms with van der Waals surface area (Å²) in [7, 11) is 1.56. The lowest BCUT2D eigenvalue weighted by molar-refractivity contribution is -0.384. The van der Waals surface area contributed by atoms with E-state index in [1.54, 1.807) is 13.1 Å². The lowest BCUT2D eigenvalue weighted by Gasteiger charge is -2.18. The number of nitro benzene ring substituents is 1. The summed E-state index contributed by atoms with van der Waals surface area (Å²) in [5.41, 5.74) is 0.419. The molecule has 0 aromatic heterocycles. The van der Waals surface area contributed by atoms with Crippen molar-refractivity contribution < 1.29 is 9.72 Å². The molecule has 0 aliphatic carbocycles. The zero-order chi connectivity index (χ0) is 15.8. The zero-order valence-electron chi connectivity index (χ0n) is 12.7. The van der Waals surface area contributed by atoms with Crippen LogP contribution >= 0.6 is 0 Å². The van der Waals surface area contributed by atoms with E-state index in [1.807, 2.05) is 0 Å². The van der Waals surface area contributed by atoms with Gasteiger partial charge in [-0.2, -0.15) is 0 Å². The first-order chi connectivity index (χ1) is 10.0. The van der Waals surface area contributed by atoms with Crippen molar-refractivity contribution >= 4 is 17.3 Å². The van der Waals surface area contributed by atoms with Crippen LogP contribution in [0.5, 0.6) is 0 Å². The van der Waals surface area contributed by atoms with Gasteiger partial charge >= 0.3 is 0 Å². The fraction of sp³-hybridized carbons (Fsp3) is 0.500. The van der Waals surface area contributed by atoms with Gasteiger partial charge in [0.15, 0.2) is 0 Å². The highest BCUT2D eigenvalue weighted by atomic mass is 16.6. The third-order valence-electron chi connectivity index (χ3n) is 3.34. The standard InChI is InChI=1S/C14H22N4O3/c1-4-17(5-2)10-9-16-14(19)11-7-6-8-12(18(20)21)13(11)15-3/h6-8,15H,4-5,9-10H2,1-3H3,(H,16,19). The van der Waals surface area contributed by atoms with Crippen LogP contribution in [0.4, 0.5) is 11.4 Å². The molecule has 0 aliphatic heterocycles. The molecular weight excluding hydrogens is 272 g/mol.